The van der Waals surface area contributed by atoms with Crippen LogP contribution >= 0.6 is 0 Å². The predicted molar refractivity (Wildman–Crippen MR) is 88.4 cm³/mol. The maximum atomic E-state index is 10.7. The minimum absolute atomic E-state index is 0.0931. The topological polar surface area (TPSA) is 67.6 Å². The zero-order valence-corrected chi connectivity index (χ0v) is 13.1. The Kier molecular flexibility index (Phi) is 4.27. The summed E-state index contributed by atoms with van der Waals surface area (Å²) >= 11 is 0. The quantitative estimate of drug-likeness (QED) is 0.694. The van der Waals surface area contributed by atoms with E-state index in [9.17, 15) is 10.1 Å². The van der Waals surface area contributed by atoms with Crippen LogP contribution in [0.2, 0.25) is 0 Å². The molecule has 1 heterocycles. The van der Waals surface area contributed by atoms with Crippen LogP contribution in [0.5, 0.6) is 0 Å². The van der Waals surface area contributed by atoms with E-state index in [1.807, 2.05) is 31.1 Å². The van der Waals surface area contributed by atoms with Gasteiger partial charge in [-0.25, -0.2) is 0 Å². The minimum atomic E-state index is -0.396. The van der Waals surface area contributed by atoms with E-state index in [0.717, 1.165) is 16.8 Å². The van der Waals surface area contributed by atoms with Crippen LogP contribution in [0.3, 0.4) is 0 Å². The van der Waals surface area contributed by atoms with Crippen molar-refractivity contribution in [3.8, 4) is 0 Å². The fourth-order valence-electron chi connectivity index (χ4n) is 2.63. The van der Waals surface area contributed by atoms with Crippen LogP contribution < -0.4 is 10.2 Å². The number of rotatable bonds is 4. The molecule has 2 atom stereocenters. The van der Waals surface area contributed by atoms with Gasteiger partial charge in [0.05, 0.1) is 11.0 Å². The summed E-state index contributed by atoms with van der Waals surface area (Å²) in [4.78, 5) is 12.4. The molecule has 0 amide bonds. The summed E-state index contributed by atoms with van der Waals surface area (Å²) in [6.07, 6.45) is -0.263. The molecule has 6 nitrogen and oxygen atoms in total. The van der Waals surface area contributed by atoms with Crippen LogP contribution in [-0.2, 0) is 4.74 Å². The minimum Gasteiger partial charge on any atom is -0.378 e. The van der Waals surface area contributed by atoms with Crippen LogP contribution in [0.4, 0.5) is 11.4 Å². The van der Waals surface area contributed by atoms with E-state index in [0.29, 0.717) is 6.54 Å². The fraction of sp³-hybridized carbons (Fsp3) is 0.294. The first-order valence-electron chi connectivity index (χ1n) is 7.45. The number of ether oxygens (including phenoxy) is 1. The largest absolute Gasteiger partial charge is 0.378 e. The molecule has 2 unspecified atom stereocenters. The Morgan fingerprint density at radius 1 is 1.09 bits per heavy atom. The average Bonchev–Trinajstić information content (AvgIpc) is 3.05. The van der Waals surface area contributed by atoms with E-state index in [1.165, 1.54) is 12.1 Å². The second-order valence-corrected chi connectivity index (χ2v) is 5.75. The number of benzene rings is 2. The summed E-state index contributed by atoms with van der Waals surface area (Å²) in [6.45, 7) is 0.678. The van der Waals surface area contributed by atoms with Crippen molar-refractivity contribution in [2.75, 3.05) is 25.5 Å². The van der Waals surface area contributed by atoms with E-state index >= 15 is 0 Å². The summed E-state index contributed by atoms with van der Waals surface area (Å²) in [7, 11) is 4.01. The van der Waals surface area contributed by atoms with Gasteiger partial charge in [0.25, 0.3) is 5.69 Å². The third-order valence-corrected chi connectivity index (χ3v) is 3.98. The maximum absolute atomic E-state index is 10.7. The Labute approximate surface area is 134 Å². The van der Waals surface area contributed by atoms with Crippen molar-refractivity contribution in [1.82, 2.24) is 5.32 Å². The Bertz CT molecular complexity index is 683. The highest BCUT2D eigenvalue weighted by atomic mass is 16.6. The molecule has 1 fully saturated rings. The first kappa shape index (κ1) is 15.5. The summed E-state index contributed by atoms with van der Waals surface area (Å²) in [5, 5.41) is 14.0. The van der Waals surface area contributed by atoms with E-state index in [2.05, 4.69) is 17.4 Å². The lowest BCUT2D eigenvalue weighted by Crippen LogP contribution is -2.14. The van der Waals surface area contributed by atoms with Gasteiger partial charge in [-0.05, 0) is 35.4 Å². The van der Waals surface area contributed by atoms with Crippen molar-refractivity contribution in [2.45, 2.75) is 12.3 Å². The number of nitrogens with one attached hydrogen (secondary N) is 1. The number of nitro benzene ring substituents is 1. The molecule has 0 spiro atoms. The smallest absolute Gasteiger partial charge is 0.269 e. The highest BCUT2D eigenvalue weighted by Crippen LogP contribution is 2.31. The average molecular weight is 313 g/mol. The van der Waals surface area contributed by atoms with Gasteiger partial charge in [0.2, 0.25) is 0 Å². The molecule has 1 aliphatic rings. The summed E-state index contributed by atoms with van der Waals surface area (Å²) < 4.78 is 6.04. The lowest BCUT2D eigenvalue weighted by atomic mass is 10.1. The monoisotopic (exact) mass is 313 g/mol. The number of nitrogens with zero attached hydrogens (tertiary/aromatic N) is 2. The van der Waals surface area contributed by atoms with Crippen LogP contribution in [-0.4, -0.2) is 25.6 Å². The van der Waals surface area contributed by atoms with Crippen LogP contribution in [0.25, 0.3) is 0 Å². The van der Waals surface area contributed by atoms with E-state index < -0.39 is 4.92 Å². The van der Waals surface area contributed by atoms with Gasteiger partial charge in [0.15, 0.2) is 0 Å². The zero-order chi connectivity index (χ0) is 16.4. The van der Waals surface area contributed by atoms with Gasteiger partial charge in [0, 0.05) is 38.5 Å². The molecule has 0 aromatic heterocycles. The lowest BCUT2D eigenvalue weighted by molar-refractivity contribution is -0.384. The Morgan fingerprint density at radius 3 is 2.26 bits per heavy atom. The van der Waals surface area contributed by atoms with Gasteiger partial charge in [-0.1, -0.05) is 12.1 Å². The maximum Gasteiger partial charge on any atom is 0.269 e. The molecule has 23 heavy (non-hydrogen) atoms. The van der Waals surface area contributed by atoms with Crippen molar-refractivity contribution >= 4 is 11.4 Å². The Morgan fingerprint density at radius 2 is 1.70 bits per heavy atom. The van der Waals surface area contributed by atoms with Crippen molar-refractivity contribution in [3.05, 3.63) is 69.8 Å². The highest BCUT2D eigenvalue weighted by molar-refractivity contribution is 5.46. The van der Waals surface area contributed by atoms with Crippen molar-refractivity contribution in [2.24, 2.45) is 0 Å². The number of hydrogen-bond donors (Lipinski definition) is 1. The van der Waals surface area contributed by atoms with E-state index in [4.69, 9.17) is 4.74 Å². The SMILES string of the molecule is CN(C)c1ccc(C2NCC(c3ccc([N+](=O)[O-])cc3)O2)cc1. The molecule has 0 saturated carbocycles. The molecule has 1 saturated heterocycles. The first-order valence-corrected chi connectivity index (χ1v) is 7.45. The van der Waals surface area contributed by atoms with Crippen LogP contribution in [0.1, 0.15) is 23.5 Å². The van der Waals surface area contributed by atoms with Gasteiger partial charge in [-0.15, -0.1) is 0 Å². The number of non-ortho nitro benzene ring substituents is 1. The first-order chi connectivity index (χ1) is 11.0. The lowest BCUT2D eigenvalue weighted by Gasteiger charge is -2.16. The van der Waals surface area contributed by atoms with Crippen molar-refractivity contribution in [1.29, 1.82) is 0 Å². The molecule has 1 N–H and O–H groups in total. The molecule has 3 rings (SSSR count). The van der Waals surface area contributed by atoms with Crippen LogP contribution in [0.15, 0.2) is 48.5 Å². The molecule has 0 bridgehead atoms. The normalized spacial score (nSPS) is 20.4. The molecule has 6 heteroatoms. The number of nitro groups is 1. The summed E-state index contributed by atoms with van der Waals surface area (Å²) in [6, 6.07) is 14.7. The molecule has 120 valence electrons. The second kappa shape index (κ2) is 6.36. The Balaban J connectivity index is 1.69. The third kappa shape index (κ3) is 3.33. The van der Waals surface area contributed by atoms with Crippen molar-refractivity contribution < 1.29 is 9.66 Å². The highest BCUT2D eigenvalue weighted by Gasteiger charge is 2.27. The van der Waals surface area contributed by atoms with Gasteiger partial charge < -0.3 is 9.64 Å². The van der Waals surface area contributed by atoms with Gasteiger partial charge >= 0.3 is 0 Å². The fourth-order valence-corrected chi connectivity index (χ4v) is 2.63. The second-order valence-electron chi connectivity index (χ2n) is 5.75. The standard InChI is InChI=1S/C17H19N3O3/c1-19(2)14-7-5-13(6-8-14)17-18-11-16(23-17)12-3-9-15(10-4-12)20(21)22/h3-10,16-18H,11H2,1-2H3. The van der Waals surface area contributed by atoms with Gasteiger partial charge in [-0.3, -0.25) is 15.4 Å². The number of anilines is 1. The summed E-state index contributed by atoms with van der Waals surface area (Å²) in [5.41, 5.74) is 3.24. The molecular formula is C17H19N3O3. The molecule has 0 radical (unpaired) electrons. The predicted octanol–water partition coefficient (Wildman–Crippen LogP) is 3.02. The molecule has 1 aliphatic heterocycles. The molecular weight excluding hydrogens is 294 g/mol. The molecule has 2 aromatic rings. The van der Waals surface area contributed by atoms with E-state index in [-0.39, 0.29) is 18.0 Å². The van der Waals surface area contributed by atoms with Crippen molar-refractivity contribution in [3.63, 3.8) is 0 Å². The zero-order valence-electron chi connectivity index (χ0n) is 13.1. The van der Waals surface area contributed by atoms with Crippen LogP contribution in [0, 0.1) is 10.1 Å². The molecule has 0 aliphatic carbocycles. The van der Waals surface area contributed by atoms with Gasteiger partial charge in [-0.2, -0.15) is 0 Å². The number of hydrogen-bond acceptors (Lipinski definition) is 5. The molecule has 2 aromatic carbocycles. The Hall–Kier alpha value is -2.44. The summed E-state index contributed by atoms with van der Waals surface area (Å²) in [5.74, 6) is 0. The van der Waals surface area contributed by atoms with Gasteiger partial charge in [0.1, 0.15) is 6.23 Å². The third-order valence-electron chi connectivity index (χ3n) is 3.98. The van der Waals surface area contributed by atoms with E-state index in [1.54, 1.807) is 12.1 Å².